The first-order valence-corrected chi connectivity index (χ1v) is 11.7. The molecule has 0 aliphatic heterocycles. The summed E-state index contributed by atoms with van der Waals surface area (Å²) in [5.74, 6) is -0.00572. The zero-order chi connectivity index (χ0) is 22.5. The lowest BCUT2D eigenvalue weighted by Crippen LogP contribution is -2.25. The SMILES string of the molecule is CCC(Sc1nc(-c2ccccc2)c(-c2ccccc2)[nH]1)C(=O)Nc1c(C)cccc1C. The van der Waals surface area contributed by atoms with Crippen LogP contribution in [-0.2, 0) is 4.79 Å². The average molecular weight is 442 g/mol. The molecule has 0 saturated heterocycles. The van der Waals surface area contributed by atoms with E-state index in [1.165, 1.54) is 11.8 Å². The number of rotatable bonds is 7. The van der Waals surface area contributed by atoms with Crippen LogP contribution in [0, 0.1) is 13.8 Å². The monoisotopic (exact) mass is 441 g/mol. The number of para-hydroxylation sites is 1. The van der Waals surface area contributed by atoms with E-state index in [1.807, 2.05) is 75.4 Å². The van der Waals surface area contributed by atoms with Crippen molar-refractivity contribution in [1.29, 1.82) is 0 Å². The van der Waals surface area contributed by atoms with E-state index >= 15 is 0 Å². The van der Waals surface area contributed by atoms with Gasteiger partial charge in [0, 0.05) is 16.8 Å². The van der Waals surface area contributed by atoms with Crippen molar-refractivity contribution in [3.63, 3.8) is 0 Å². The Bertz CT molecular complexity index is 1130. The predicted molar refractivity (Wildman–Crippen MR) is 134 cm³/mol. The highest BCUT2D eigenvalue weighted by molar-refractivity contribution is 8.00. The molecule has 0 bridgehead atoms. The molecular weight excluding hydrogens is 414 g/mol. The fraction of sp³-hybridized carbons (Fsp3) is 0.185. The van der Waals surface area contributed by atoms with Gasteiger partial charge in [-0.3, -0.25) is 4.79 Å². The normalized spacial score (nSPS) is 11.8. The molecule has 0 aliphatic carbocycles. The van der Waals surface area contributed by atoms with Gasteiger partial charge in [-0.15, -0.1) is 0 Å². The largest absolute Gasteiger partial charge is 0.332 e. The van der Waals surface area contributed by atoms with Crippen LogP contribution in [0.1, 0.15) is 24.5 Å². The first kappa shape index (κ1) is 21.9. The fourth-order valence-corrected chi connectivity index (χ4v) is 4.61. The van der Waals surface area contributed by atoms with E-state index in [0.717, 1.165) is 44.5 Å². The molecule has 5 heteroatoms. The van der Waals surface area contributed by atoms with E-state index < -0.39 is 0 Å². The molecule has 4 aromatic rings. The van der Waals surface area contributed by atoms with E-state index in [1.54, 1.807) is 0 Å². The number of benzene rings is 3. The molecule has 1 unspecified atom stereocenters. The summed E-state index contributed by atoms with van der Waals surface area (Å²) in [6, 6.07) is 26.4. The van der Waals surface area contributed by atoms with Crippen molar-refractivity contribution < 1.29 is 4.79 Å². The van der Waals surface area contributed by atoms with Crippen molar-refractivity contribution in [1.82, 2.24) is 9.97 Å². The van der Waals surface area contributed by atoms with Gasteiger partial charge in [0.25, 0.3) is 0 Å². The third kappa shape index (κ3) is 4.78. The number of nitrogens with one attached hydrogen (secondary N) is 2. The Morgan fingerprint density at radius 3 is 2.09 bits per heavy atom. The van der Waals surface area contributed by atoms with E-state index in [2.05, 4.69) is 34.6 Å². The molecule has 3 aromatic carbocycles. The van der Waals surface area contributed by atoms with Gasteiger partial charge in [-0.1, -0.05) is 97.5 Å². The highest BCUT2D eigenvalue weighted by atomic mass is 32.2. The van der Waals surface area contributed by atoms with Gasteiger partial charge in [0.2, 0.25) is 5.91 Å². The molecule has 1 heterocycles. The Hall–Kier alpha value is -3.31. The summed E-state index contributed by atoms with van der Waals surface area (Å²) in [7, 11) is 0. The molecule has 0 saturated carbocycles. The van der Waals surface area contributed by atoms with Crippen molar-refractivity contribution in [2.24, 2.45) is 0 Å². The molecule has 0 fully saturated rings. The second kappa shape index (κ2) is 9.88. The number of aryl methyl sites for hydroxylation is 2. The second-order valence-corrected chi connectivity index (χ2v) is 8.96. The lowest BCUT2D eigenvalue weighted by Gasteiger charge is -2.16. The molecule has 1 atom stereocenters. The van der Waals surface area contributed by atoms with Gasteiger partial charge in [0.15, 0.2) is 5.16 Å². The number of aromatic amines is 1. The van der Waals surface area contributed by atoms with Crippen LogP contribution in [0.2, 0.25) is 0 Å². The maximum atomic E-state index is 13.1. The molecule has 4 nitrogen and oxygen atoms in total. The van der Waals surface area contributed by atoms with Gasteiger partial charge >= 0.3 is 0 Å². The molecule has 0 radical (unpaired) electrons. The molecule has 162 valence electrons. The number of hydrogen-bond donors (Lipinski definition) is 2. The first-order valence-electron chi connectivity index (χ1n) is 10.8. The van der Waals surface area contributed by atoms with Crippen molar-refractivity contribution in [2.45, 2.75) is 37.6 Å². The van der Waals surface area contributed by atoms with Gasteiger partial charge in [0.1, 0.15) is 0 Å². The minimum atomic E-state index is -0.257. The van der Waals surface area contributed by atoms with Crippen molar-refractivity contribution in [2.75, 3.05) is 5.32 Å². The van der Waals surface area contributed by atoms with E-state index in [4.69, 9.17) is 4.98 Å². The first-order chi connectivity index (χ1) is 15.6. The third-order valence-electron chi connectivity index (χ3n) is 5.44. The number of imidazole rings is 1. The predicted octanol–water partition coefficient (Wildman–Crippen LogP) is 6.87. The van der Waals surface area contributed by atoms with E-state index in [0.29, 0.717) is 6.42 Å². The lowest BCUT2D eigenvalue weighted by atomic mass is 10.1. The smallest absolute Gasteiger partial charge is 0.237 e. The Kier molecular flexibility index (Phi) is 6.76. The minimum Gasteiger partial charge on any atom is -0.332 e. The Morgan fingerprint density at radius 2 is 1.50 bits per heavy atom. The zero-order valence-corrected chi connectivity index (χ0v) is 19.4. The maximum Gasteiger partial charge on any atom is 0.237 e. The summed E-state index contributed by atoms with van der Waals surface area (Å²) < 4.78 is 0. The fourth-order valence-electron chi connectivity index (χ4n) is 3.70. The Morgan fingerprint density at radius 1 is 0.906 bits per heavy atom. The second-order valence-electron chi connectivity index (χ2n) is 7.77. The summed E-state index contributed by atoms with van der Waals surface area (Å²) in [6.07, 6.45) is 0.698. The summed E-state index contributed by atoms with van der Waals surface area (Å²) in [6.45, 7) is 6.06. The van der Waals surface area contributed by atoms with Crippen LogP contribution in [0.15, 0.2) is 84.0 Å². The highest BCUT2D eigenvalue weighted by Gasteiger charge is 2.23. The highest BCUT2D eigenvalue weighted by Crippen LogP contribution is 2.34. The Balaban J connectivity index is 1.63. The van der Waals surface area contributed by atoms with Crippen LogP contribution < -0.4 is 5.32 Å². The molecular formula is C27H27N3OS. The minimum absolute atomic E-state index is 0.00572. The number of thioether (sulfide) groups is 1. The van der Waals surface area contributed by atoms with E-state index in [-0.39, 0.29) is 11.2 Å². The van der Waals surface area contributed by atoms with Crippen LogP contribution in [0.4, 0.5) is 5.69 Å². The molecule has 1 amide bonds. The van der Waals surface area contributed by atoms with Crippen LogP contribution in [0.25, 0.3) is 22.5 Å². The van der Waals surface area contributed by atoms with E-state index in [9.17, 15) is 4.79 Å². The molecule has 4 rings (SSSR count). The molecule has 0 spiro atoms. The number of carbonyl (C=O) groups is 1. The van der Waals surface area contributed by atoms with Crippen molar-refractivity contribution in [3.8, 4) is 22.5 Å². The van der Waals surface area contributed by atoms with Gasteiger partial charge in [-0.2, -0.15) is 0 Å². The zero-order valence-electron chi connectivity index (χ0n) is 18.6. The number of amides is 1. The summed E-state index contributed by atoms with van der Waals surface area (Å²) in [5, 5.41) is 3.62. The number of aromatic nitrogens is 2. The Labute approximate surface area is 193 Å². The van der Waals surface area contributed by atoms with Crippen LogP contribution in [0.5, 0.6) is 0 Å². The van der Waals surface area contributed by atoms with Gasteiger partial charge < -0.3 is 10.3 Å². The molecule has 32 heavy (non-hydrogen) atoms. The van der Waals surface area contributed by atoms with Gasteiger partial charge in [-0.05, 0) is 31.4 Å². The molecule has 0 aliphatic rings. The number of carbonyl (C=O) groups excluding carboxylic acids is 1. The molecule has 1 aromatic heterocycles. The number of anilines is 1. The topological polar surface area (TPSA) is 57.8 Å². The number of nitrogens with zero attached hydrogens (tertiary/aromatic N) is 1. The lowest BCUT2D eigenvalue weighted by molar-refractivity contribution is -0.115. The van der Waals surface area contributed by atoms with Gasteiger partial charge in [-0.25, -0.2) is 4.98 Å². The van der Waals surface area contributed by atoms with Crippen molar-refractivity contribution >= 4 is 23.4 Å². The standard InChI is InChI=1S/C27H27N3OS/c1-4-22(26(31)28-23-18(2)12-11-13-19(23)3)32-27-29-24(20-14-7-5-8-15-20)25(30-27)21-16-9-6-10-17-21/h5-17,22H,4H2,1-3H3,(H,28,31)(H,29,30). The van der Waals surface area contributed by atoms with Crippen LogP contribution in [0.3, 0.4) is 0 Å². The third-order valence-corrected chi connectivity index (χ3v) is 6.69. The maximum absolute atomic E-state index is 13.1. The average Bonchev–Trinajstić information content (AvgIpc) is 3.25. The van der Waals surface area contributed by atoms with Gasteiger partial charge in [0.05, 0.1) is 16.6 Å². The number of hydrogen-bond acceptors (Lipinski definition) is 3. The molecule has 2 N–H and O–H groups in total. The van der Waals surface area contributed by atoms with Crippen molar-refractivity contribution in [3.05, 3.63) is 90.0 Å². The van der Waals surface area contributed by atoms with Crippen LogP contribution in [-0.4, -0.2) is 21.1 Å². The van der Waals surface area contributed by atoms with Crippen LogP contribution >= 0.6 is 11.8 Å². The quantitative estimate of drug-likeness (QED) is 0.308. The summed E-state index contributed by atoms with van der Waals surface area (Å²) >= 11 is 1.47. The summed E-state index contributed by atoms with van der Waals surface area (Å²) in [4.78, 5) is 21.5. The number of H-pyrrole nitrogens is 1. The summed E-state index contributed by atoms with van der Waals surface area (Å²) in [5.41, 5.74) is 6.99.